The number of likely N-dealkylation sites (N-methyl/N-ethyl adjacent to an activating group) is 1. The van der Waals surface area contributed by atoms with Crippen LogP contribution in [0.4, 0.5) is 10.1 Å². The Hall–Kier alpha value is -4.57. The molecule has 0 amide bonds. The quantitative estimate of drug-likeness (QED) is 0.296. The van der Waals surface area contributed by atoms with Gasteiger partial charge in [-0.3, -0.25) is 9.78 Å². The number of H-pyrrole nitrogens is 2. The van der Waals surface area contributed by atoms with Crippen LogP contribution >= 0.6 is 0 Å². The van der Waals surface area contributed by atoms with Crippen LogP contribution in [-0.4, -0.2) is 67.0 Å². The lowest BCUT2D eigenvalue weighted by atomic mass is 10.0. The number of benzene rings is 1. The topological polar surface area (TPSA) is 103 Å². The fraction of sp³-hybridized carbons (Fsp3) is 0.214. The number of aromatic amines is 2. The third-order valence-electron chi connectivity index (χ3n) is 6.27. The number of aryl methyl sites for hydroxylation is 1. The molecule has 0 fully saturated rings. The molecule has 0 aliphatic carbocycles. The summed E-state index contributed by atoms with van der Waals surface area (Å²) in [5.74, 6) is 0.219. The maximum absolute atomic E-state index is 14.5. The molecule has 1 aromatic carbocycles. The molecule has 38 heavy (non-hydrogen) atoms. The maximum atomic E-state index is 14.5. The minimum absolute atomic E-state index is 0.318. The summed E-state index contributed by atoms with van der Waals surface area (Å²) in [7, 11) is 5.89. The van der Waals surface area contributed by atoms with Gasteiger partial charge in [-0.15, -0.1) is 0 Å². The molecule has 10 heteroatoms. The van der Waals surface area contributed by atoms with Crippen molar-refractivity contribution in [3.05, 3.63) is 70.9 Å². The van der Waals surface area contributed by atoms with Gasteiger partial charge in [0.1, 0.15) is 11.5 Å². The molecule has 5 aromatic rings. The molecular formula is C28H30FN9. The van der Waals surface area contributed by atoms with Crippen molar-refractivity contribution in [3.63, 3.8) is 0 Å². The molecule has 0 spiro atoms. The third kappa shape index (κ3) is 5.25. The summed E-state index contributed by atoms with van der Waals surface area (Å²) >= 11 is 0. The van der Waals surface area contributed by atoms with Crippen molar-refractivity contribution in [2.75, 3.05) is 32.5 Å². The average Bonchev–Trinajstić information content (AvgIpc) is 3.59. The predicted octanol–water partition coefficient (Wildman–Crippen LogP) is 3.16. The van der Waals surface area contributed by atoms with Crippen LogP contribution in [0.15, 0.2) is 48.9 Å². The van der Waals surface area contributed by atoms with E-state index in [9.17, 15) is 4.39 Å². The standard InChI is InChI=1S/C28H30FN9/c1-17(20-15-32-38(5)16-20)6-7-24-18(2)25(36-35-24)28-33-26-23(8-9-31-27(26)34-28)19-12-21(29)14-22(13-19)30-10-11-37(3)4/h6-9,12-16,30,35H,2,10-11H2,1,3-5H3,(H,31,33,34)/b17-6+,24-7+. The van der Waals surface area contributed by atoms with Crippen LogP contribution in [0.5, 0.6) is 0 Å². The van der Waals surface area contributed by atoms with Crippen LogP contribution in [0, 0.1) is 5.82 Å². The van der Waals surface area contributed by atoms with E-state index in [1.54, 1.807) is 10.9 Å². The van der Waals surface area contributed by atoms with Crippen molar-refractivity contribution in [3.8, 4) is 22.6 Å². The van der Waals surface area contributed by atoms with E-state index in [0.717, 1.165) is 34.2 Å². The molecule has 194 valence electrons. The van der Waals surface area contributed by atoms with Gasteiger partial charge in [0.15, 0.2) is 11.5 Å². The Labute approximate surface area is 219 Å². The second-order valence-electron chi connectivity index (χ2n) is 9.48. The first kappa shape index (κ1) is 25.1. The minimum atomic E-state index is -0.318. The molecule has 4 heterocycles. The summed E-state index contributed by atoms with van der Waals surface area (Å²) in [6.45, 7) is 7.78. The zero-order chi connectivity index (χ0) is 26.8. The number of halogens is 1. The van der Waals surface area contributed by atoms with E-state index >= 15 is 0 Å². The third-order valence-corrected chi connectivity index (χ3v) is 6.27. The van der Waals surface area contributed by atoms with E-state index in [1.165, 1.54) is 12.1 Å². The second-order valence-corrected chi connectivity index (χ2v) is 9.48. The highest BCUT2D eigenvalue weighted by Crippen LogP contribution is 2.30. The number of anilines is 1. The van der Waals surface area contributed by atoms with E-state index < -0.39 is 0 Å². The van der Waals surface area contributed by atoms with Crippen LogP contribution in [-0.2, 0) is 7.05 Å². The number of pyridine rings is 1. The number of nitrogens with zero attached hydrogens (tertiary/aromatic N) is 6. The number of nitrogens with one attached hydrogen (secondary N) is 3. The molecule has 0 aliphatic rings. The molecule has 0 atom stereocenters. The number of rotatable bonds is 8. The Bertz CT molecular complexity index is 1740. The maximum Gasteiger partial charge on any atom is 0.178 e. The fourth-order valence-electron chi connectivity index (χ4n) is 4.18. The molecule has 0 radical (unpaired) electrons. The van der Waals surface area contributed by atoms with Gasteiger partial charge in [0.2, 0.25) is 0 Å². The molecule has 0 bridgehead atoms. The zero-order valence-corrected chi connectivity index (χ0v) is 21.9. The summed E-state index contributed by atoms with van der Waals surface area (Å²) in [6.07, 6.45) is 9.39. The molecule has 0 saturated heterocycles. The van der Waals surface area contributed by atoms with Gasteiger partial charge in [-0.05, 0) is 62.5 Å². The van der Waals surface area contributed by atoms with Gasteiger partial charge in [-0.25, -0.2) is 14.4 Å². The van der Waals surface area contributed by atoms with Crippen molar-refractivity contribution >= 4 is 35.1 Å². The highest BCUT2D eigenvalue weighted by Gasteiger charge is 2.15. The second kappa shape index (κ2) is 10.4. The first-order chi connectivity index (χ1) is 18.3. The highest BCUT2D eigenvalue weighted by atomic mass is 19.1. The molecule has 3 N–H and O–H groups in total. The molecule has 4 aromatic heterocycles. The number of fused-ring (bicyclic) bond motifs is 1. The number of hydrogen-bond donors (Lipinski definition) is 3. The number of imidazole rings is 1. The fourth-order valence-corrected chi connectivity index (χ4v) is 4.18. The highest BCUT2D eigenvalue weighted by molar-refractivity contribution is 5.92. The van der Waals surface area contributed by atoms with E-state index in [1.807, 2.05) is 64.7 Å². The smallest absolute Gasteiger partial charge is 0.178 e. The Balaban J connectivity index is 1.48. The van der Waals surface area contributed by atoms with Gasteiger partial charge < -0.3 is 15.2 Å². The van der Waals surface area contributed by atoms with Gasteiger partial charge in [-0.2, -0.15) is 10.2 Å². The summed E-state index contributed by atoms with van der Waals surface area (Å²) in [5, 5.41) is 16.5. The molecule has 0 aliphatic heterocycles. The van der Waals surface area contributed by atoms with Crippen LogP contribution in [0.2, 0.25) is 0 Å². The van der Waals surface area contributed by atoms with Crippen LogP contribution in [0.1, 0.15) is 12.5 Å². The molecule has 0 saturated carbocycles. The Kier molecular flexibility index (Phi) is 6.89. The number of hydrogen-bond acceptors (Lipinski definition) is 6. The molecule has 5 rings (SSSR count). The first-order valence-corrected chi connectivity index (χ1v) is 12.2. The van der Waals surface area contributed by atoms with Gasteiger partial charge in [-0.1, -0.05) is 12.7 Å². The molecular weight excluding hydrogens is 481 g/mol. The largest absolute Gasteiger partial charge is 0.384 e. The van der Waals surface area contributed by atoms with E-state index in [0.29, 0.717) is 40.1 Å². The summed E-state index contributed by atoms with van der Waals surface area (Å²) in [4.78, 5) is 14.5. The van der Waals surface area contributed by atoms with Crippen LogP contribution < -0.4 is 15.9 Å². The average molecular weight is 512 g/mol. The van der Waals surface area contributed by atoms with E-state index in [4.69, 9.17) is 0 Å². The van der Waals surface area contributed by atoms with Crippen molar-refractivity contribution in [2.24, 2.45) is 7.05 Å². The van der Waals surface area contributed by atoms with Crippen molar-refractivity contribution < 1.29 is 4.39 Å². The van der Waals surface area contributed by atoms with Gasteiger partial charge in [0, 0.05) is 54.6 Å². The van der Waals surface area contributed by atoms with E-state index in [2.05, 4.69) is 47.0 Å². The molecule has 9 nitrogen and oxygen atoms in total. The van der Waals surface area contributed by atoms with Gasteiger partial charge in [0.05, 0.1) is 17.1 Å². The summed E-state index contributed by atoms with van der Waals surface area (Å²) < 4.78 is 16.3. The van der Waals surface area contributed by atoms with Gasteiger partial charge >= 0.3 is 0 Å². The van der Waals surface area contributed by atoms with Crippen molar-refractivity contribution in [1.82, 2.24) is 39.8 Å². The SMILES string of the molecule is C=c1c(-c2nc3nccc(-c4cc(F)cc(NCCN(C)C)c4)c3[nH]2)n[nH]/c1=C/C=C(\C)c1cnn(C)c1. The summed E-state index contributed by atoms with van der Waals surface area (Å²) in [5.41, 5.74) is 6.16. The predicted molar refractivity (Wildman–Crippen MR) is 150 cm³/mol. The lowest BCUT2D eigenvalue weighted by Gasteiger charge is -2.12. The zero-order valence-electron chi connectivity index (χ0n) is 21.9. The lowest BCUT2D eigenvalue weighted by Crippen LogP contribution is -2.21. The number of aromatic nitrogens is 7. The number of allylic oxidation sites excluding steroid dienone is 2. The normalized spacial score (nSPS) is 12.7. The Morgan fingerprint density at radius 2 is 2.11 bits per heavy atom. The van der Waals surface area contributed by atoms with Crippen molar-refractivity contribution in [1.29, 1.82) is 0 Å². The minimum Gasteiger partial charge on any atom is -0.384 e. The van der Waals surface area contributed by atoms with Crippen molar-refractivity contribution in [2.45, 2.75) is 6.92 Å². The van der Waals surface area contributed by atoms with Crippen LogP contribution in [0.25, 0.3) is 52.0 Å². The van der Waals surface area contributed by atoms with Gasteiger partial charge in [0.25, 0.3) is 0 Å². The Morgan fingerprint density at radius 1 is 1.26 bits per heavy atom. The molecule has 0 unspecified atom stereocenters. The lowest BCUT2D eigenvalue weighted by molar-refractivity contribution is 0.425. The monoisotopic (exact) mass is 511 g/mol. The van der Waals surface area contributed by atoms with E-state index in [-0.39, 0.29) is 5.82 Å². The first-order valence-electron chi connectivity index (χ1n) is 12.2. The Morgan fingerprint density at radius 3 is 2.87 bits per heavy atom. The van der Waals surface area contributed by atoms with Crippen LogP contribution in [0.3, 0.4) is 0 Å². The summed E-state index contributed by atoms with van der Waals surface area (Å²) in [6, 6.07) is 6.79.